The Morgan fingerprint density at radius 1 is 1.29 bits per heavy atom. The maximum absolute atomic E-state index is 12.2. The number of alkyl halides is 3. The Bertz CT molecular complexity index is 389. The van der Waals surface area contributed by atoms with E-state index in [0.29, 0.717) is 4.47 Å². The van der Waals surface area contributed by atoms with Crippen LogP contribution in [0.3, 0.4) is 0 Å². The summed E-state index contributed by atoms with van der Waals surface area (Å²) in [5, 5.41) is 18.3. The van der Waals surface area contributed by atoms with Crippen molar-refractivity contribution in [2.75, 3.05) is 0 Å². The summed E-state index contributed by atoms with van der Waals surface area (Å²) in [5.74, 6) is -0.398. The highest BCUT2D eigenvalue weighted by atomic mass is 79.9. The monoisotopic (exact) mass is 335 g/mol. The summed E-state index contributed by atoms with van der Waals surface area (Å²) in [4.78, 5) is 0. The lowest BCUT2D eigenvalue weighted by molar-refractivity contribution is -0.210. The molecule has 1 aromatic carbocycles. The average molecular weight is 337 g/mol. The SMILES string of the molecule is Cl.N[C@@H](c1ccc(Br)cc1O)[C@H](O)C(F)(F)F. The fourth-order valence-corrected chi connectivity index (χ4v) is 1.52. The number of aromatic hydroxyl groups is 1. The second kappa shape index (κ2) is 5.90. The number of aliphatic hydroxyl groups is 1. The Balaban J connectivity index is 0.00000256. The standard InChI is InChI=1S/C9H9BrF3NO2.ClH/c10-4-1-2-5(6(15)3-4)7(14)8(16)9(11,12)13;/h1-3,7-8,15-16H,14H2;1H/t7-,8-;/m0./s1. The van der Waals surface area contributed by atoms with Crippen molar-refractivity contribution in [1.29, 1.82) is 0 Å². The van der Waals surface area contributed by atoms with Gasteiger partial charge in [-0.25, -0.2) is 0 Å². The van der Waals surface area contributed by atoms with E-state index in [0.717, 1.165) is 0 Å². The first-order valence-electron chi connectivity index (χ1n) is 4.22. The minimum atomic E-state index is -4.82. The van der Waals surface area contributed by atoms with Crippen LogP contribution in [0.1, 0.15) is 11.6 Å². The Hall–Kier alpha value is -0.500. The maximum Gasteiger partial charge on any atom is 0.416 e. The third kappa shape index (κ3) is 4.02. The topological polar surface area (TPSA) is 66.5 Å². The molecule has 8 heteroatoms. The first-order chi connectivity index (χ1) is 7.23. The molecule has 0 bridgehead atoms. The summed E-state index contributed by atoms with van der Waals surface area (Å²) in [6.45, 7) is 0. The van der Waals surface area contributed by atoms with Crippen LogP contribution in [-0.4, -0.2) is 22.5 Å². The number of benzene rings is 1. The van der Waals surface area contributed by atoms with Gasteiger partial charge in [-0.3, -0.25) is 0 Å². The summed E-state index contributed by atoms with van der Waals surface area (Å²) in [6.07, 6.45) is -7.53. The van der Waals surface area contributed by atoms with Crippen molar-refractivity contribution in [2.45, 2.75) is 18.3 Å². The molecule has 4 N–H and O–H groups in total. The van der Waals surface area contributed by atoms with Crippen LogP contribution in [0.25, 0.3) is 0 Å². The molecule has 17 heavy (non-hydrogen) atoms. The largest absolute Gasteiger partial charge is 0.508 e. The molecule has 3 nitrogen and oxygen atoms in total. The van der Waals surface area contributed by atoms with E-state index in [1.807, 2.05) is 0 Å². The molecule has 1 rings (SSSR count). The van der Waals surface area contributed by atoms with E-state index in [4.69, 9.17) is 10.8 Å². The number of aliphatic hydroxyl groups excluding tert-OH is 1. The number of rotatable bonds is 2. The van der Waals surface area contributed by atoms with E-state index >= 15 is 0 Å². The van der Waals surface area contributed by atoms with Gasteiger partial charge in [0.15, 0.2) is 6.10 Å². The number of hydrogen-bond donors (Lipinski definition) is 3. The molecule has 0 heterocycles. The van der Waals surface area contributed by atoms with E-state index in [-0.39, 0.29) is 18.0 Å². The van der Waals surface area contributed by atoms with Crippen LogP contribution in [0.4, 0.5) is 13.2 Å². The molecule has 1 aromatic rings. The van der Waals surface area contributed by atoms with Gasteiger partial charge in [0.1, 0.15) is 5.75 Å². The van der Waals surface area contributed by atoms with Crippen LogP contribution < -0.4 is 5.73 Å². The van der Waals surface area contributed by atoms with Crippen molar-refractivity contribution in [1.82, 2.24) is 0 Å². The van der Waals surface area contributed by atoms with Crippen molar-refractivity contribution in [2.24, 2.45) is 5.73 Å². The fourth-order valence-electron chi connectivity index (χ4n) is 1.17. The van der Waals surface area contributed by atoms with Crippen molar-refractivity contribution in [3.8, 4) is 5.75 Å². The van der Waals surface area contributed by atoms with Crippen molar-refractivity contribution >= 4 is 28.3 Å². The van der Waals surface area contributed by atoms with Crippen LogP contribution in [0.2, 0.25) is 0 Å². The van der Waals surface area contributed by atoms with Gasteiger partial charge in [0.05, 0.1) is 6.04 Å². The zero-order valence-corrected chi connectivity index (χ0v) is 10.7. The van der Waals surface area contributed by atoms with Gasteiger partial charge in [0.2, 0.25) is 0 Å². The predicted octanol–water partition coefficient (Wildman–Crippen LogP) is 2.50. The Kier molecular flexibility index (Phi) is 5.73. The molecule has 0 aliphatic carbocycles. The average Bonchev–Trinajstić information content (AvgIpc) is 2.14. The summed E-state index contributed by atoms with van der Waals surface area (Å²) in [6, 6.07) is 2.14. The molecule has 0 saturated heterocycles. The number of phenols is 1. The van der Waals surface area contributed by atoms with Crippen molar-refractivity contribution < 1.29 is 23.4 Å². The lowest BCUT2D eigenvalue weighted by Crippen LogP contribution is -2.38. The van der Waals surface area contributed by atoms with Crippen LogP contribution in [0, 0.1) is 0 Å². The molecule has 0 unspecified atom stereocenters. The molecule has 98 valence electrons. The number of halogens is 5. The first-order valence-corrected chi connectivity index (χ1v) is 5.01. The van der Waals surface area contributed by atoms with Gasteiger partial charge in [-0.2, -0.15) is 13.2 Å². The van der Waals surface area contributed by atoms with Gasteiger partial charge in [0, 0.05) is 10.0 Å². The lowest BCUT2D eigenvalue weighted by atomic mass is 10.0. The van der Waals surface area contributed by atoms with Crippen LogP contribution in [0.5, 0.6) is 5.75 Å². The highest BCUT2D eigenvalue weighted by molar-refractivity contribution is 9.10. The van der Waals surface area contributed by atoms with E-state index < -0.39 is 24.1 Å². The highest BCUT2D eigenvalue weighted by Gasteiger charge is 2.43. The van der Waals surface area contributed by atoms with E-state index in [1.165, 1.54) is 18.2 Å². The first kappa shape index (κ1) is 16.5. The second-order valence-electron chi connectivity index (χ2n) is 3.22. The van der Waals surface area contributed by atoms with E-state index in [1.54, 1.807) is 0 Å². The molecule has 0 saturated carbocycles. The zero-order chi connectivity index (χ0) is 12.5. The molecule has 2 atom stereocenters. The molecule has 0 aliphatic heterocycles. The van der Waals surface area contributed by atoms with Gasteiger partial charge in [0.25, 0.3) is 0 Å². The van der Waals surface area contributed by atoms with Crippen LogP contribution in [0.15, 0.2) is 22.7 Å². The van der Waals surface area contributed by atoms with Crippen molar-refractivity contribution in [3.63, 3.8) is 0 Å². The summed E-state index contributed by atoms with van der Waals surface area (Å²) >= 11 is 3.04. The van der Waals surface area contributed by atoms with Gasteiger partial charge in [-0.15, -0.1) is 12.4 Å². The smallest absolute Gasteiger partial charge is 0.416 e. The lowest BCUT2D eigenvalue weighted by Gasteiger charge is -2.22. The van der Waals surface area contributed by atoms with Crippen molar-refractivity contribution in [3.05, 3.63) is 28.2 Å². The minimum Gasteiger partial charge on any atom is -0.508 e. The normalized spacial score (nSPS) is 14.9. The zero-order valence-electron chi connectivity index (χ0n) is 8.28. The Morgan fingerprint density at radius 3 is 2.24 bits per heavy atom. The van der Waals surface area contributed by atoms with Gasteiger partial charge in [-0.05, 0) is 12.1 Å². The molecule has 0 amide bonds. The Labute approximate surface area is 110 Å². The summed E-state index contributed by atoms with van der Waals surface area (Å²) in [5.41, 5.74) is 5.07. The molecule has 0 spiro atoms. The van der Waals surface area contributed by atoms with E-state index in [2.05, 4.69) is 15.9 Å². The third-order valence-electron chi connectivity index (χ3n) is 2.03. The van der Waals surface area contributed by atoms with Crippen LogP contribution in [-0.2, 0) is 0 Å². The molecular formula is C9H10BrClF3NO2. The van der Waals surface area contributed by atoms with E-state index in [9.17, 15) is 18.3 Å². The predicted molar refractivity (Wildman–Crippen MR) is 62.0 cm³/mol. The molecule has 0 aromatic heterocycles. The maximum atomic E-state index is 12.2. The van der Waals surface area contributed by atoms with Crippen LogP contribution >= 0.6 is 28.3 Å². The number of hydrogen-bond acceptors (Lipinski definition) is 3. The third-order valence-corrected chi connectivity index (χ3v) is 2.52. The molecule has 0 fully saturated rings. The second-order valence-corrected chi connectivity index (χ2v) is 4.13. The van der Waals surface area contributed by atoms with Gasteiger partial charge >= 0.3 is 6.18 Å². The molecule has 0 aliphatic rings. The summed E-state index contributed by atoms with van der Waals surface area (Å²) in [7, 11) is 0. The van der Waals surface area contributed by atoms with Gasteiger partial charge < -0.3 is 15.9 Å². The van der Waals surface area contributed by atoms with Gasteiger partial charge in [-0.1, -0.05) is 22.0 Å². The Morgan fingerprint density at radius 2 is 1.82 bits per heavy atom. The molecule has 0 radical (unpaired) electrons. The fraction of sp³-hybridized carbons (Fsp3) is 0.333. The minimum absolute atomic E-state index is 0. The molecular weight excluding hydrogens is 326 g/mol. The quantitative estimate of drug-likeness (QED) is 0.777. The number of nitrogens with two attached hydrogens (primary N) is 1. The number of phenolic OH excluding ortho intramolecular Hbond substituents is 1. The summed E-state index contributed by atoms with van der Waals surface area (Å²) < 4.78 is 37.0. The highest BCUT2D eigenvalue weighted by Crippen LogP contribution is 2.33.